The molecule has 0 aromatic carbocycles. The maximum absolute atomic E-state index is 9.05. The fraction of sp³-hybridized carbons (Fsp3) is 1.00. The highest BCUT2D eigenvalue weighted by atomic mass is 16.3. The van der Waals surface area contributed by atoms with Crippen LogP contribution in [0.25, 0.3) is 0 Å². The minimum Gasteiger partial charge on any atom is -0.0176 e. The van der Waals surface area contributed by atoms with Crippen LogP contribution in [0.4, 0.5) is 0 Å². The van der Waals surface area contributed by atoms with Gasteiger partial charge in [-0.2, -0.15) is 0 Å². The Bertz CT molecular complexity index is 20.0. The van der Waals surface area contributed by atoms with E-state index < -0.39 is 0 Å². The van der Waals surface area contributed by atoms with Crippen LogP contribution in [0, 0.1) is 4.91 Å². The molecule has 0 aromatic heterocycles. The number of nitrogens with one attached hydrogen (secondary N) is 1. The van der Waals surface area contributed by atoms with Crippen LogP contribution >= 0.6 is 0 Å². The second-order valence-electron chi connectivity index (χ2n) is 0.498. The van der Waals surface area contributed by atoms with Crippen molar-refractivity contribution in [1.82, 2.24) is 0 Å². The molecule has 0 aliphatic carbocycles. The summed E-state index contributed by atoms with van der Waals surface area (Å²) in [6, 6.07) is 0. The maximum atomic E-state index is 9.05. The molecular weight excluding hydrogens is 54.0 g/mol. The smallest absolute Gasteiger partial charge is 0.0176 e. The topological polar surface area (TPSA) is 31.0 Å². The van der Waals surface area contributed by atoms with Crippen LogP contribution in [0.3, 0.4) is 0 Å². The number of hydrogen-bond donors (Lipinski definition) is 1. The minimum atomic E-state index is 0.514. The Morgan fingerprint density at radius 2 is 2.25 bits per heavy atom. The molecule has 0 amide bonds. The van der Waals surface area contributed by atoms with Gasteiger partial charge in [-0.05, 0) is 12.1 Å². The van der Waals surface area contributed by atoms with Crippen molar-refractivity contribution in [3.63, 3.8) is 0 Å². The first-order valence-corrected chi connectivity index (χ1v) is 1.26. The van der Waals surface area contributed by atoms with Gasteiger partial charge in [-0.1, -0.05) is 0 Å². The van der Waals surface area contributed by atoms with E-state index in [1.54, 1.807) is 12.1 Å². The van der Waals surface area contributed by atoms with Crippen molar-refractivity contribution in [2.45, 2.75) is 6.92 Å². The van der Waals surface area contributed by atoms with E-state index in [2.05, 4.69) is 0 Å². The van der Waals surface area contributed by atoms with Gasteiger partial charge < -0.3 is 0 Å². The molecule has 2 nitrogen and oxygen atoms in total. The Labute approximate surface area is 24.8 Å². The van der Waals surface area contributed by atoms with Gasteiger partial charge in [0.2, 0.25) is 0 Å². The molecule has 0 unspecified atom stereocenters. The van der Waals surface area contributed by atoms with Gasteiger partial charge in [-0.15, -0.1) is 0 Å². The summed E-state index contributed by atoms with van der Waals surface area (Å²) < 4.78 is 0. The summed E-state index contributed by atoms with van der Waals surface area (Å²) in [5.74, 6) is 0. The molecule has 1 N–H and O–H groups in total. The molecule has 0 bridgehead atoms. The summed E-state index contributed by atoms with van der Waals surface area (Å²) >= 11 is 0. The van der Waals surface area contributed by atoms with Gasteiger partial charge in [0.1, 0.15) is 0 Å². The van der Waals surface area contributed by atoms with Gasteiger partial charge in [0.05, 0.1) is 0 Å². The summed E-state index contributed by atoms with van der Waals surface area (Å²) in [6.07, 6.45) is 0. The Morgan fingerprint density at radius 1 is 2.00 bits per heavy atom. The summed E-state index contributed by atoms with van der Waals surface area (Å²) in [6.45, 7) is 2.27. The third-order valence-corrected chi connectivity index (χ3v) is 0.144. The molecule has 0 saturated carbocycles. The lowest BCUT2D eigenvalue weighted by Gasteiger charge is -1.44. The number of rotatable bonds is 1. The van der Waals surface area contributed by atoms with Crippen LogP contribution in [0.1, 0.15) is 6.92 Å². The molecule has 0 aliphatic rings. The number of hydrogen-bond acceptors (Lipinski definition) is 1. The molecule has 0 heterocycles. The molecule has 24 valence electrons. The first kappa shape index (κ1) is 3.60. The van der Waals surface area contributed by atoms with Crippen LogP contribution in [-0.4, -0.2) is 6.54 Å². The quantitative estimate of drug-likeness (QED) is 0.407. The third kappa shape index (κ3) is 1.60. The van der Waals surface area contributed by atoms with Crippen LogP contribution in [0.2, 0.25) is 0 Å². The van der Waals surface area contributed by atoms with Gasteiger partial charge in [0, 0.05) is 4.91 Å². The van der Waals surface area contributed by atoms with E-state index in [0.29, 0.717) is 6.54 Å². The average Bonchev–Trinajstić information content (AvgIpc) is 1.37. The Morgan fingerprint density at radius 3 is 2.25 bits per heavy atom. The zero-order valence-electron chi connectivity index (χ0n) is 2.62. The van der Waals surface area contributed by atoms with Gasteiger partial charge in [0.25, 0.3) is 0 Å². The van der Waals surface area contributed by atoms with Crippen molar-refractivity contribution in [3.05, 3.63) is 4.91 Å². The van der Waals surface area contributed by atoms with E-state index in [1.807, 2.05) is 0 Å². The standard InChI is InChI=1S/C2H5NO/c1-2-3-4/h2H2,1H3/p+1. The molecule has 0 fully saturated rings. The molecule has 2 heteroatoms. The second kappa shape index (κ2) is 2.60. The van der Waals surface area contributed by atoms with Gasteiger partial charge in [-0.3, -0.25) is 0 Å². The van der Waals surface area contributed by atoms with Gasteiger partial charge in [0.15, 0.2) is 6.54 Å². The predicted molar refractivity (Wildman–Crippen MR) is 14.9 cm³/mol. The van der Waals surface area contributed by atoms with Crippen molar-refractivity contribution >= 4 is 0 Å². The van der Waals surface area contributed by atoms with E-state index in [4.69, 9.17) is 4.91 Å². The van der Waals surface area contributed by atoms with Crippen molar-refractivity contribution in [3.8, 4) is 0 Å². The lowest BCUT2D eigenvalue weighted by molar-refractivity contribution is -0.475. The number of nitroso groups, excluding NO2 is 1. The summed E-state index contributed by atoms with van der Waals surface area (Å²) in [4.78, 5) is 9.05. The molecule has 0 spiro atoms. The maximum Gasteiger partial charge on any atom is 0.186 e. The van der Waals surface area contributed by atoms with E-state index in [9.17, 15) is 0 Å². The van der Waals surface area contributed by atoms with Gasteiger partial charge in [-0.25, -0.2) is 0 Å². The van der Waals surface area contributed by atoms with Crippen molar-refractivity contribution in [1.29, 1.82) is 0 Å². The zero-order chi connectivity index (χ0) is 3.41. The highest BCUT2D eigenvalue weighted by molar-refractivity contribution is 3.85. The SMILES string of the molecule is CC[NH+]=O. The van der Waals surface area contributed by atoms with E-state index >= 15 is 0 Å². The van der Waals surface area contributed by atoms with Crippen LogP contribution < -0.4 is 5.18 Å². The first-order chi connectivity index (χ1) is 1.91. The first-order valence-electron chi connectivity index (χ1n) is 1.26. The lowest BCUT2D eigenvalue weighted by Crippen LogP contribution is -2.62. The molecule has 0 saturated heterocycles. The zero-order valence-corrected chi connectivity index (χ0v) is 2.62. The minimum absolute atomic E-state index is 0.514. The molecule has 0 aliphatic heterocycles. The fourth-order valence-corrected chi connectivity index (χ4v) is 0. The van der Waals surface area contributed by atoms with E-state index in [-0.39, 0.29) is 0 Å². The molecule has 0 rings (SSSR count). The summed E-state index contributed by atoms with van der Waals surface area (Å²) in [5.41, 5.74) is 0. The van der Waals surface area contributed by atoms with Gasteiger partial charge >= 0.3 is 0 Å². The van der Waals surface area contributed by atoms with E-state index in [1.165, 1.54) is 0 Å². The third-order valence-electron chi connectivity index (χ3n) is 0.144. The largest absolute Gasteiger partial charge is 0.186 e. The van der Waals surface area contributed by atoms with Crippen LogP contribution in [0.15, 0.2) is 0 Å². The van der Waals surface area contributed by atoms with Crippen molar-refractivity contribution < 1.29 is 5.18 Å². The van der Waals surface area contributed by atoms with E-state index in [0.717, 1.165) is 0 Å². The molecule has 0 aromatic rings. The summed E-state index contributed by atoms with van der Waals surface area (Å²) in [5, 5.41) is 1.68. The van der Waals surface area contributed by atoms with Crippen LogP contribution in [0.5, 0.6) is 0 Å². The average molecular weight is 60.1 g/mol. The highest BCUT2D eigenvalue weighted by Crippen LogP contribution is 1.16. The predicted octanol–water partition coefficient (Wildman–Crippen LogP) is -1.15. The fourth-order valence-electron chi connectivity index (χ4n) is 0. The van der Waals surface area contributed by atoms with Crippen molar-refractivity contribution in [2.24, 2.45) is 0 Å². The Balaban J connectivity index is 2.30. The second-order valence-corrected chi connectivity index (χ2v) is 0.498. The monoisotopic (exact) mass is 60.0 g/mol. The summed E-state index contributed by atoms with van der Waals surface area (Å²) in [7, 11) is 0. The molecule has 4 heavy (non-hydrogen) atoms. The molecule has 0 atom stereocenters. The van der Waals surface area contributed by atoms with Crippen LogP contribution in [-0.2, 0) is 0 Å². The molecular formula is C2H6NO+. The normalized spacial score (nSPS) is 6.25. The lowest BCUT2D eigenvalue weighted by atomic mass is 10.8. The van der Waals surface area contributed by atoms with Crippen molar-refractivity contribution in [2.75, 3.05) is 6.54 Å². The highest BCUT2D eigenvalue weighted by Gasteiger charge is 1.59. The Hall–Kier alpha value is -0.400. The molecule has 0 radical (unpaired) electrons. The Kier molecular flexibility index (Phi) is 2.34.